The van der Waals surface area contributed by atoms with Crippen molar-refractivity contribution in [2.75, 3.05) is 23.3 Å². The molecule has 2 aromatic heterocycles. The Balaban J connectivity index is 1.28. The van der Waals surface area contributed by atoms with Crippen molar-refractivity contribution in [3.8, 4) is 0 Å². The standard InChI is InChI=1S/C24H25N5O3S/c1-14-10-15(2)29(27-14)19(20-4-3-9-33-20)13-25-23(31)24(32)26-18-11-16-5-6-21(30)28-8-7-17(12-18)22(16)28/h3-4,9-12,19H,5-8,13H2,1-2H3,(H,25,31)(H,26,32). The van der Waals surface area contributed by atoms with Gasteiger partial charge in [0.05, 0.1) is 11.4 Å². The molecule has 0 bridgehead atoms. The number of amides is 3. The van der Waals surface area contributed by atoms with Crippen molar-refractivity contribution in [2.24, 2.45) is 0 Å². The third-order valence-electron chi connectivity index (χ3n) is 6.18. The van der Waals surface area contributed by atoms with Crippen LogP contribution in [0.15, 0.2) is 35.7 Å². The van der Waals surface area contributed by atoms with Gasteiger partial charge in [0, 0.05) is 35.8 Å². The maximum atomic E-state index is 12.6. The van der Waals surface area contributed by atoms with E-state index in [-0.39, 0.29) is 18.5 Å². The summed E-state index contributed by atoms with van der Waals surface area (Å²) < 4.78 is 1.89. The fraction of sp³-hybridized carbons (Fsp3) is 0.333. The molecule has 33 heavy (non-hydrogen) atoms. The van der Waals surface area contributed by atoms with Crippen LogP contribution in [-0.4, -0.2) is 40.6 Å². The smallest absolute Gasteiger partial charge is 0.313 e. The topological polar surface area (TPSA) is 96.3 Å². The van der Waals surface area contributed by atoms with E-state index in [1.807, 2.05) is 59.1 Å². The molecule has 4 heterocycles. The van der Waals surface area contributed by atoms with Crippen LogP contribution in [0.2, 0.25) is 0 Å². The van der Waals surface area contributed by atoms with Gasteiger partial charge in [-0.05, 0) is 67.5 Å². The monoisotopic (exact) mass is 463 g/mol. The van der Waals surface area contributed by atoms with E-state index in [0.717, 1.165) is 39.5 Å². The lowest BCUT2D eigenvalue weighted by molar-refractivity contribution is -0.136. The SMILES string of the molecule is Cc1cc(C)n(C(CNC(=O)C(=O)Nc2cc3c4c(c2)CCN4C(=O)CC3)c2cccs2)n1. The highest BCUT2D eigenvalue weighted by Gasteiger charge is 2.31. The summed E-state index contributed by atoms with van der Waals surface area (Å²) in [6.07, 6.45) is 1.88. The lowest BCUT2D eigenvalue weighted by Crippen LogP contribution is -2.39. The summed E-state index contributed by atoms with van der Waals surface area (Å²) in [6.45, 7) is 4.83. The Bertz CT molecular complexity index is 1250. The van der Waals surface area contributed by atoms with Crippen LogP contribution in [0.5, 0.6) is 0 Å². The zero-order valence-corrected chi connectivity index (χ0v) is 19.4. The van der Waals surface area contributed by atoms with E-state index in [9.17, 15) is 14.4 Å². The van der Waals surface area contributed by atoms with Crippen molar-refractivity contribution in [3.63, 3.8) is 0 Å². The zero-order valence-electron chi connectivity index (χ0n) is 18.6. The van der Waals surface area contributed by atoms with Crippen LogP contribution in [0.25, 0.3) is 0 Å². The van der Waals surface area contributed by atoms with E-state index in [1.54, 1.807) is 11.3 Å². The number of nitrogens with one attached hydrogen (secondary N) is 2. The Hall–Kier alpha value is -3.46. The van der Waals surface area contributed by atoms with Gasteiger partial charge in [0.1, 0.15) is 6.04 Å². The van der Waals surface area contributed by atoms with Crippen molar-refractivity contribution in [1.82, 2.24) is 15.1 Å². The first-order valence-corrected chi connectivity index (χ1v) is 11.9. The molecule has 1 aromatic carbocycles. The average molecular weight is 464 g/mol. The van der Waals surface area contributed by atoms with E-state index in [2.05, 4.69) is 15.7 Å². The van der Waals surface area contributed by atoms with E-state index in [0.29, 0.717) is 25.1 Å². The highest BCUT2D eigenvalue weighted by molar-refractivity contribution is 7.10. The van der Waals surface area contributed by atoms with E-state index in [1.165, 1.54) is 0 Å². The van der Waals surface area contributed by atoms with Gasteiger partial charge in [-0.2, -0.15) is 5.10 Å². The molecule has 0 aliphatic carbocycles. The van der Waals surface area contributed by atoms with Gasteiger partial charge >= 0.3 is 11.8 Å². The lowest BCUT2D eigenvalue weighted by Gasteiger charge is -2.25. The third-order valence-corrected chi connectivity index (χ3v) is 7.16. The molecule has 5 rings (SSSR count). The van der Waals surface area contributed by atoms with Gasteiger partial charge in [0.25, 0.3) is 0 Å². The Morgan fingerprint density at radius 1 is 1.12 bits per heavy atom. The molecule has 0 spiro atoms. The Morgan fingerprint density at radius 2 is 1.91 bits per heavy atom. The maximum absolute atomic E-state index is 12.6. The van der Waals surface area contributed by atoms with Crippen molar-refractivity contribution < 1.29 is 14.4 Å². The number of carbonyl (C=O) groups is 3. The van der Waals surface area contributed by atoms with Crippen LogP contribution >= 0.6 is 11.3 Å². The van der Waals surface area contributed by atoms with E-state index in [4.69, 9.17) is 0 Å². The summed E-state index contributed by atoms with van der Waals surface area (Å²) in [6, 6.07) is 9.50. The molecule has 9 heteroatoms. The fourth-order valence-electron chi connectivity index (χ4n) is 4.74. The quantitative estimate of drug-likeness (QED) is 0.569. The van der Waals surface area contributed by atoms with Crippen molar-refractivity contribution in [1.29, 1.82) is 0 Å². The van der Waals surface area contributed by atoms with Crippen LogP contribution in [-0.2, 0) is 27.2 Å². The average Bonchev–Trinajstić information content (AvgIpc) is 3.52. The molecule has 1 unspecified atom stereocenters. The van der Waals surface area contributed by atoms with Crippen LogP contribution in [0.3, 0.4) is 0 Å². The second kappa shape index (κ2) is 8.47. The molecule has 1 atom stereocenters. The summed E-state index contributed by atoms with van der Waals surface area (Å²) >= 11 is 1.59. The molecule has 0 radical (unpaired) electrons. The first-order chi connectivity index (χ1) is 15.9. The molecule has 2 aliphatic heterocycles. The lowest BCUT2D eigenvalue weighted by atomic mass is 9.98. The van der Waals surface area contributed by atoms with E-state index >= 15 is 0 Å². The van der Waals surface area contributed by atoms with Crippen LogP contribution in [0.1, 0.15) is 39.9 Å². The van der Waals surface area contributed by atoms with E-state index < -0.39 is 11.8 Å². The zero-order chi connectivity index (χ0) is 23.1. The minimum absolute atomic E-state index is 0.153. The van der Waals surface area contributed by atoms with Gasteiger partial charge in [-0.25, -0.2) is 0 Å². The number of hydrogen-bond donors (Lipinski definition) is 2. The maximum Gasteiger partial charge on any atom is 0.313 e. The number of hydrogen-bond acceptors (Lipinski definition) is 5. The fourth-order valence-corrected chi connectivity index (χ4v) is 5.55. The number of thiophene rings is 1. The predicted octanol–water partition coefficient (Wildman–Crippen LogP) is 2.74. The van der Waals surface area contributed by atoms with Gasteiger partial charge in [0.2, 0.25) is 5.91 Å². The van der Waals surface area contributed by atoms with Gasteiger partial charge in [-0.1, -0.05) is 6.07 Å². The van der Waals surface area contributed by atoms with Crippen molar-refractivity contribution in [2.45, 2.75) is 39.2 Å². The van der Waals surface area contributed by atoms with Gasteiger partial charge in [-0.3, -0.25) is 19.1 Å². The molecule has 0 saturated carbocycles. The first-order valence-electron chi connectivity index (χ1n) is 11.0. The number of anilines is 2. The number of rotatable bonds is 5. The minimum atomic E-state index is -0.706. The molecular weight excluding hydrogens is 438 g/mol. The number of nitrogens with zero attached hydrogens (tertiary/aromatic N) is 3. The Kier molecular flexibility index (Phi) is 5.49. The largest absolute Gasteiger partial charge is 0.345 e. The van der Waals surface area contributed by atoms with Crippen LogP contribution < -0.4 is 15.5 Å². The Labute approximate surface area is 195 Å². The van der Waals surface area contributed by atoms with Crippen LogP contribution in [0.4, 0.5) is 11.4 Å². The molecular formula is C24H25N5O3S. The summed E-state index contributed by atoms with van der Waals surface area (Å²) in [5.74, 6) is -1.24. The van der Waals surface area contributed by atoms with Gasteiger partial charge in [-0.15, -0.1) is 11.3 Å². The van der Waals surface area contributed by atoms with Crippen molar-refractivity contribution >= 4 is 40.4 Å². The molecule has 3 amide bonds. The molecule has 0 fully saturated rings. The molecule has 3 aromatic rings. The molecule has 2 aliphatic rings. The second-order valence-corrected chi connectivity index (χ2v) is 9.48. The second-order valence-electron chi connectivity index (χ2n) is 8.51. The molecule has 0 saturated heterocycles. The predicted molar refractivity (Wildman–Crippen MR) is 127 cm³/mol. The number of carbonyl (C=O) groups excluding carboxylic acids is 3. The third kappa shape index (κ3) is 4.04. The highest BCUT2D eigenvalue weighted by atomic mass is 32.1. The first kappa shape index (κ1) is 21.4. The summed E-state index contributed by atoms with van der Waals surface area (Å²) in [4.78, 5) is 40.3. The summed E-state index contributed by atoms with van der Waals surface area (Å²) in [7, 11) is 0. The molecule has 170 valence electrons. The van der Waals surface area contributed by atoms with Crippen LogP contribution in [0, 0.1) is 13.8 Å². The molecule has 8 nitrogen and oxygen atoms in total. The number of aromatic nitrogens is 2. The number of benzene rings is 1. The Morgan fingerprint density at radius 3 is 2.61 bits per heavy atom. The molecule has 2 N–H and O–H groups in total. The highest BCUT2D eigenvalue weighted by Crippen LogP contribution is 2.38. The van der Waals surface area contributed by atoms with Crippen molar-refractivity contribution in [3.05, 3.63) is 63.1 Å². The van der Waals surface area contributed by atoms with Gasteiger partial charge < -0.3 is 15.5 Å². The summed E-state index contributed by atoms with van der Waals surface area (Å²) in [5, 5.41) is 12.1. The normalized spacial score (nSPS) is 15.3. The number of aryl methyl sites for hydroxylation is 3. The minimum Gasteiger partial charge on any atom is -0.345 e. The van der Waals surface area contributed by atoms with Gasteiger partial charge in [0.15, 0.2) is 0 Å². The summed E-state index contributed by atoms with van der Waals surface area (Å²) in [5.41, 5.74) is 5.55.